The first-order valence-corrected chi connectivity index (χ1v) is 12.8. The number of amidine groups is 1. The maximum absolute atomic E-state index is 15.0. The van der Waals surface area contributed by atoms with Gasteiger partial charge in [0.15, 0.2) is 0 Å². The van der Waals surface area contributed by atoms with Crippen molar-refractivity contribution in [3.8, 4) is 0 Å². The smallest absolute Gasteiger partial charge is 0.274 e. The number of nitrogens with zero attached hydrogens (tertiary/aromatic N) is 2. The summed E-state index contributed by atoms with van der Waals surface area (Å²) in [7, 11) is -1.32. The second kappa shape index (κ2) is 8.48. The Balaban J connectivity index is 1.61. The van der Waals surface area contributed by atoms with Crippen molar-refractivity contribution in [2.24, 2.45) is 10.6 Å². The van der Waals surface area contributed by atoms with Crippen LogP contribution in [0.25, 0.3) is 0 Å². The van der Waals surface area contributed by atoms with Crippen LogP contribution in [-0.4, -0.2) is 31.9 Å². The van der Waals surface area contributed by atoms with E-state index in [9.17, 15) is 4.79 Å². The maximum Gasteiger partial charge on any atom is 0.274 e. The van der Waals surface area contributed by atoms with E-state index in [4.69, 9.17) is 21.6 Å². The summed E-state index contributed by atoms with van der Waals surface area (Å²) in [6.07, 6.45) is 3.86. The average molecular weight is 472 g/mol. The monoisotopic (exact) mass is 471 g/mol. The van der Waals surface area contributed by atoms with E-state index in [2.05, 4.69) is 29.5 Å². The van der Waals surface area contributed by atoms with Crippen LogP contribution in [-0.2, 0) is 5.54 Å². The third-order valence-corrected chi connectivity index (χ3v) is 9.81. The standard InChI is InChI=1S/C23H27ClFN5OSi/c1-22(2)21(26)30-23(3,13-32(22)28-11-14-4-5-14)17-10-16(7-8-18(17)25)29-20(31)19-9-6-15(24)12-27-19/h6-10,12,14H,4-5,11,13H2,1-3H3,(H2,26,30)(H,29,31)/b32-28-/t23-/m0/s1. The SMILES string of the molecule is CC1(C)C(=N)N[C@](C)(c2cc(NC(=O)c3ccc(Cl)cn3)ccc2F)C/[Si]1=N/CC1CC1. The average Bonchev–Trinajstić information content (AvgIpc) is 3.56. The van der Waals surface area contributed by atoms with Gasteiger partial charge in [-0.05, 0) is 56.0 Å². The van der Waals surface area contributed by atoms with Crippen molar-refractivity contribution in [3.63, 3.8) is 0 Å². The summed E-state index contributed by atoms with van der Waals surface area (Å²) in [5.74, 6) is 0.284. The molecule has 4 rings (SSSR count). The lowest BCUT2D eigenvalue weighted by molar-refractivity contribution is 0.102. The third-order valence-electron chi connectivity index (χ3n) is 6.28. The minimum Gasteiger partial charge on any atom is -0.364 e. The van der Waals surface area contributed by atoms with Gasteiger partial charge in [0.25, 0.3) is 5.91 Å². The number of rotatable bonds is 5. The molecule has 2 fully saturated rings. The molecule has 1 atom stereocenters. The van der Waals surface area contributed by atoms with Gasteiger partial charge in [-0.15, -0.1) is 0 Å². The quantitative estimate of drug-likeness (QED) is 0.512. The van der Waals surface area contributed by atoms with E-state index in [1.54, 1.807) is 12.1 Å². The number of carbonyl (C=O) groups is 1. The summed E-state index contributed by atoms with van der Waals surface area (Å²) in [6, 6.07) is 8.30. The van der Waals surface area contributed by atoms with E-state index in [0.717, 1.165) is 6.54 Å². The Bertz CT molecular complexity index is 1100. The summed E-state index contributed by atoms with van der Waals surface area (Å²) >= 11 is 5.84. The Labute approximate surface area is 193 Å². The van der Waals surface area contributed by atoms with E-state index in [1.165, 1.54) is 37.2 Å². The van der Waals surface area contributed by atoms with Crippen LogP contribution in [0.3, 0.4) is 0 Å². The normalized spacial score (nSPS) is 23.7. The number of benzene rings is 1. The zero-order valence-corrected chi connectivity index (χ0v) is 20.2. The predicted molar refractivity (Wildman–Crippen MR) is 126 cm³/mol. The Morgan fingerprint density at radius 2 is 2.09 bits per heavy atom. The van der Waals surface area contributed by atoms with Gasteiger partial charge in [-0.3, -0.25) is 10.2 Å². The number of halogens is 2. The van der Waals surface area contributed by atoms with Gasteiger partial charge in [0.1, 0.15) is 25.9 Å². The highest BCUT2D eigenvalue weighted by Crippen LogP contribution is 2.42. The Morgan fingerprint density at radius 1 is 1.34 bits per heavy atom. The number of hydrogen-bond donors (Lipinski definition) is 3. The zero-order chi connectivity index (χ0) is 23.1. The summed E-state index contributed by atoms with van der Waals surface area (Å²) < 4.78 is 20.0. The van der Waals surface area contributed by atoms with Crippen molar-refractivity contribution in [1.29, 1.82) is 5.41 Å². The molecule has 2 aliphatic rings. The molecule has 1 saturated carbocycles. The molecule has 0 unspecified atom stereocenters. The molecule has 1 saturated heterocycles. The highest BCUT2D eigenvalue weighted by Gasteiger charge is 2.46. The second-order valence-corrected chi connectivity index (χ2v) is 12.6. The van der Waals surface area contributed by atoms with Crippen LogP contribution >= 0.6 is 11.6 Å². The molecule has 0 spiro atoms. The van der Waals surface area contributed by atoms with E-state index in [1.807, 2.05) is 6.92 Å². The zero-order valence-electron chi connectivity index (χ0n) is 18.4. The molecular weight excluding hydrogens is 445 g/mol. The molecule has 2 aromatic rings. The predicted octanol–water partition coefficient (Wildman–Crippen LogP) is 5.37. The van der Waals surface area contributed by atoms with Gasteiger partial charge in [0.05, 0.1) is 10.6 Å². The molecule has 1 aromatic heterocycles. The number of carbonyl (C=O) groups excluding carboxylic acids is 1. The van der Waals surface area contributed by atoms with Crippen molar-refractivity contribution in [2.75, 3.05) is 11.9 Å². The molecule has 1 aliphatic carbocycles. The molecule has 0 bridgehead atoms. The number of anilines is 1. The van der Waals surface area contributed by atoms with Crippen LogP contribution in [0.4, 0.5) is 10.1 Å². The molecule has 0 radical (unpaired) electrons. The van der Waals surface area contributed by atoms with Crippen LogP contribution in [0, 0.1) is 17.1 Å². The lowest BCUT2D eigenvalue weighted by Crippen LogP contribution is -2.56. The van der Waals surface area contributed by atoms with Crippen molar-refractivity contribution < 1.29 is 9.18 Å². The number of amides is 1. The lowest BCUT2D eigenvalue weighted by atomic mass is 9.91. The first-order valence-electron chi connectivity index (χ1n) is 10.7. The van der Waals surface area contributed by atoms with Crippen molar-refractivity contribution in [3.05, 3.63) is 58.6 Å². The lowest BCUT2D eigenvalue weighted by Gasteiger charge is -2.44. The summed E-state index contributed by atoms with van der Waals surface area (Å²) in [4.78, 5) is 16.6. The first kappa shape index (κ1) is 22.7. The van der Waals surface area contributed by atoms with Crippen molar-refractivity contribution in [1.82, 2.24) is 10.3 Å². The van der Waals surface area contributed by atoms with Crippen LogP contribution in [0.1, 0.15) is 49.7 Å². The molecule has 6 nitrogen and oxygen atoms in total. The topological polar surface area (TPSA) is 90.2 Å². The summed E-state index contributed by atoms with van der Waals surface area (Å²) in [5.41, 5.74) is 0.322. The van der Waals surface area contributed by atoms with Crippen molar-refractivity contribution >= 4 is 37.6 Å². The van der Waals surface area contributed by atoms with E-state index < -0.39 is 20.0 Å². The first-order chi connectivity index (χ1) is 15.1. The summed E-state index contributed by atoms with van der Waals surface area (Å²) in [6.45, 7) is 6.87. The van der Waals surface area contributed by atoms with Crippen LogP contribution in [0.5, 0.6) is 0 Å². The maximum atomic E-state index is 15.0. The van der Waals surface area contributed by atoms with Crippen LogP contribution in [0.2, 0.25) is 16.1 Å². The number of pyridine rings is 1. The van der Waals surface area contributed by atoms with E-state index >= 15 is 4.39 Å². The van der Waals surface area contributed by atoms with Crippen LogP contribution < -0.4 is 10.6 Å². The molecule has 32 heavy (non-hydrogen) atoms. The fraction of sp³-hybridized carbons (Fsp3) is 0.435. The Hall–Kier alpha value is -2.45. The molecule has 3 N–H and O–H groups in total. The largest absolute Gasteiger partial charge is 0.364 e. The molecule has 1 aromatic carbocycles. The second-order valence-electron chi connectivity index (χ2n) is 9.38. The number of hydrogen-bond acceptors (Lipinski definition) is 4. The minimum atomic E-state index is -1.32. The van der Waals surface area contributed by atoms with Gasteiger partial charge in [-0.2, -0.15) is 0 Å². The van der Waals surface area contributed by atoms with Gasteiger partial charge >= 0.3 is 0 Å². The third kappa shape index (κ3) is 4.66. The van der Waals surface area contributed by atoms with Crippen molar-refractivity contribution in [2.45, 2.75) is 50.2 Å². The highest BCUT2D eigenvalue weighted by atomic mass is 35.5. The molecular formula is C23H27ClFN5OSi. The van der Waals surface area contributed by atoms with Gasteiger partial charge < -0.3 is 15.3 Å². The fourth-order valence-electron chi connectivity index (χ4n) is 3.86. The summed E-state index contributed by atoms with van der Waals surface area (Å²) in [5, 5.41) is 14.8. The van der Waals surface area contributed by atoms with Gasteiger partial charge in [0.2, 0.25) is 0 Å². The molecule has 1 amide bonds. The molecule has 1 aliphatic heterocycles. The number of nitrogens with one attached hydrogen (secondary N) is 3. The highest BCUT2D eigenvalue weighted by molar-refractivity contribution is 6.57. The number of aromatic nitrogens is 1. The Morgan fingerprint density at radius 3 is 2.75 bits per heavy atom. The van der Waals surface area contributed by atoms with Gasteiger partial charge in [0, 0.05) is 35.1 Å². The molecule has 168 valence electrons. The van der Waals surface area contributed by atoms with E-state index in [0.29, 0.717) is 34.1 Å². The van der Waals surface area contributed by atoms with Crippen LogP contribution in [0.15, 0.2) is 41.2 Å². The molecule has 9 heteroatoms. The minimum absolute atomic E-state index is 0.218. The van der Waals surface area contributed by atoms with E-state index in [-0.39, 0.29) is 16.5 Å². The van der Waals surface area contributed by atoms with Gasteiger partial charge in [-0.25, -0.2) is 9.37 Å². The fourth-order valence-corrected chi connectivity index (χ4v) is 6.70. The Kier molecular flexibility index (Phi) is 6.02. The molecule has 2 heterocycles. The van der Waals surface area contributed by atoms with Gasteiger partial charge in [-0.1, -0.05) is 25.4 Å².